The molecule has 2 aliphatic heterocycles. The molecule has 2 aromatic heterocycles. The van der Waals surface area contributed by atoms with Gasteiger partial charge in [0.2, 0.25) is 0 Å². The van der Waals surface area contributed by atoms with E-state index in [-0.39, 0.29) is 16.2 Å². The molecule has 0 aliphatic carbocycles. The van der Waals surface area contributed by atoms with Crippen molar-refractivity contribution in [2.24, 2.45) is 0 Å². The molecule has 0 saturated heterocycles. The molecular weight excluding hydrogens is 1300 g/mol. The summed E-state index contributed by atoms with van der Waals surface area (Å²) in [5.41, 5.74) is 23.0. The molecule has 13 aromatic rings. The van der Waals surface area contributed by atoms with E-state index >= 15 is 0 Å². The third kappa shape index (κ3) is 10.1. The number of hydrogen-bond acceptors (Lipinski definition) is 4. The maximum absolute atomic E-state index is 7.24. The van der Waals surface area contributed by atoms with Crippen molar-refractivity contribution in [3.63, 3.8) is 0 Å². The fraction of sp³-hybridized carbons (Fsp3) is 0.153. The van der Waals surface area contributed by atoms with Crippen molar-refractivity contribution in [2.75, 3.05) is 9.80 Å². The summed E-state index contributed by atoms with van der Waals surface area (Å²) >= 11 is 2.52. The predicted molar refractivity (Wildman–Crippen MR) is 375 cm³/mol. The van der Waals surface area contributed by atoms with E-state index in [2.05, 4.69) is 368 Å². The third-order valence-corrected chi connectivity index (χ3v) is 19.5. The minimum atomic E-state index is -0.918. The molecule has 1 spiro atoms. The summed E-state index contributed by atoms with van der Waals surface area (Å²) in [5, 5.41) is 0. The summed E-state index contributed by atoms with van der Waals surface area (Å²) < 4.78 is 13.0. The average Bonchev–Trinajstić information content (AvgIpc) is 0.826. The Morgan fingerprint density at radius 2 is 0.891 bits per heavy atom. The van der Waals surface area contributed by atoms with E-state index in [0.29, 0.717) is 11.5 Å². The van der Waals surface area contributed by atoms with Crippen LogP contribution in [-0.2, 0) is 41.0 Å². The van der Waals surface area contributed by atoms with E-state index in [9.17, 15) is 0 Å². The first kappa shape index (κ1) is 58.5. The van der Waals surface area contributed by atoms with Crippen molar-refractivity contribution in [3.8, 4) is 56.3 Å². The second-order valence-electron chi connectivity index (χ2n) is 27.5. The summed E-state index contributed by atoms with van der Waals surface area (Å²) in [4.78, 5) is 10.0. The van der Waals surface area contributed by atoms with E-state index in [4.69, 9.17) is 9.72 Å². The summed E-state index contributed by atoms with van der Waals surface area (Å²) in [7, 11) is 0. The Kier molecular flexibility index (Phi) is 14.3. The second-order valence-corrected chi connectivity index (χ2v) is 28.5. The minimum absolute atomic E-state index is 0.0797. The molecule has 11 aromatic carbocycles. The molecule has 6 nitrogen and oxygen atoms in total. The predicted octanol–water partition coefficient (Wildman–Crippen LogP) is 22.1. The van der Waals surface area contributed by atoms with Crippen LogP contribution in [0.25, 0.3) is 55.8 Å². The van der Waals surface area contributed by atoms with Crippen molar-refractivity contribution in [2.45, 2.75) is 84.0 Å². The van der Waals surface area contributed by atoms with Crippen LogP contribution >= 0.6 is 0 Å². The van der Waals surface area contributed by atoms with Crippen LogP contribution in [0.2, 0.25) is 0 Å². The molecule has 0 fully saturated rings. The Morgan fingerprint density at radius 3 is 1.48 bits per heavy atom. The summed E-state index contributed by atoms with van der Waals surface area (Å²) in [6.45, 7) is 20.6. The van der Waals surface area contributed by atoms with Gasteiger partial charge in [0.05, 0.1) is 0 Å². The number of fused-ring (bicyclic) bond motifs is 9. The van der Waals surface area contributed by atoms with Gasteiger partial charge in [-0.2, -0.15) is 0 Å². The van der Waals surface area contributed by atoms with Gasteiger partial charge in [-0.25, -0.2) is 0 Å². The van der Waals surface area contributed by atoms with E-state index in [0.717, 1.165) is 116 Å². The van der Waals surface area contributed by atoms with Crippen LogP contribution in [0.15, 0.2) is 267 Å². The maximum atomic E-state index is 7.24. The number of imidazole rings is 1. The first-order valence-electron chi connectivity index (χ1n) is 31.8. The molecule has 0 radical (unpaired) electrons. The van der Waals surface area contributed by atoms with Crippen LogP contribution in [0.4, 0.5) is 34.3 Å². The van der Waals surface area contributed by atoms with E-state index in [1.807, 2.05) is 12.3 Å². The molecule has 7 heteroatoms. The van der Waals surface area contributed by atoms with Gasteiger partial charge in [-0.3, -0.25) is 0 Å². The first-order chi connectivity index (χ1) is 44.4. The zero-order chi connectivity index (χ0) is 63.3. The standard InChI is InChI=1S/C85H71N5O.Pt/c1-82(2,3)63-45-46-86-81(53-63)90-75-36-23-22-35-71(75)85(73-47-60(57-25-14-10-15-26-57)37-42-76(73)89(66-31-20-13-21-32-66)77-43-38-61(48-74(77)85)58-27-16-11-17-28-58)72-41-40-70(55-79(72)90)91-69-34-24-33-67(54-69)87-56-88(68-51-64(83(4,5)6)50-65(52-68)84(7,8)9)80-49-62(39-44-78(80)87)59-29-18-12-19-30-59;/h10-53H,1-9H3;/q-2;. The number of pyridine rings is 1. The molecule has 454 valence electrons. The number of rotatable bonds is 9. The van der Waals surface area contributed by atoms with Gasteiger partial charge in [0.25, 0.3) is 0 Å². The zero-order valence-electron chi connectivity index (χ0n) is 53.4. The Balaban J connectivity index is 0.959. The number of aromatic nitrogens is 3. The molecule has 0 saturated carbocycles. The van der Waals surface area contributed by atoms with Crippen molar-refractivity contribution < 1.29 is 24.1 Å². The molecule has 0 unspecified atom stereocenters. The average molecular weight is 1370 g/mol. The van der Waals surface area contributed by atoms with E-state index in [1.54, 1.807) is 0 Å². The Labute approximate surface area is 551 Å². The van der Waals surface area contributed by atoms with Crippen molar-refractivity contribution in [1.82, 2.24) is 14.1 Å². The Hall–Kier alpha value is -9.87. The Morgan fingerprint density at radius 1 is 0.370 bits per heavy atom. The van der Waals surface area contributed by atoms with Crippen LogP contribution in [0.1, 0.15) is 101 Å². The van der Waals surface area contributed by atoms with Crippen molar-refractivity contribution in [1.29, 1.82) is 0 Å². The first-order valence-corrected chi connectivity index (χ1v) is 32.9. The molecule has 0 atom stereocenters. The monoisotopic (exact) mass is 1370 g/mol. The van der Waals surface area contributed by atoms with Gasteiger partial charge in [0, 0.05) is 23.3 Å². The topological polar surface area (TPSA) is 38.5 Å². The summed E-state index contributed by atoms with van der Waals surface area (Å²) in [6.07, 6.45) is 1.95. The molecule has 0 bridgehead atoms. The van der Waals surface area contributed by atoms with Gasteiger partial charge < -0.3 is 4.90 Å². The fourth-order valence-corrected chi connectivity index (χ4v) is 14.8. The number of ether oxygens (including phenoxy) is 1. The molecule has 2 aliphatic rings. The molecule has 0 N–H and O–H groups in total. The van der Waals surface area contributed by atoms with Crippen LogP contribution < -0.4 is 14.5 Å². The Bertz CT molecular complexity index is 4920. The third-order valence-electron chi connectivity index (χ3n) is 18.5. The van der Waals surface area contributed by atoms with Gasteiger partial charge in [0.15, 0.2) is 0 Å². The van der Waals surface area contributed by atoms with Gasteiger partial charge in [-0.15, -0.1) is 0 Å². The zero-order valence-corrected chi connectivity index (χ0v) is 55.6. The van der Waals surface area contributed by atoms with Crippen molar-refractivity contribution in [3.05, 3.63) is 322 Å². The summed E-state index contributed by atoms with van der Waals surface area (Å²) in [6, 6.07) is 103. The van der Waals surface area contributed by atoms with Crippen molar-refractivity contribution >= 4 is 45.3 Å². The van der Waals surface area contributed by atoms with Gasteiger partial charge in [-0.05, 0) is 75.7 Å². The number of hydrogen-bond donors (Lipinski definition) is 0. The fourth-order valence-electron chi connectivity index (χ4n) is 13.7. The quantitative estimate of drug-likeness (QED) is 0.135. The molecule has 15 rings (SSSR count). The van der Waals surface area contributed by atoms with Crippen LogP contribution in [-0.4, -0.2) is 14.1 Å². The number of para-hydroxylation sites is 2. The SMILES string of the molecule is CC(C)(C)c1cc(-n2[c](=[Pt])n(-c3[c-]c(Oc4[c-]c5c(cc4)C4(c6ccccc6N5c5cc(C(C)(C)C)ccn5)c5cc(-c6ccccc6)ccc5N(c5ccccc5)c5ccc(-c6ccccc6)cc54)ccc3)c3ccc(-c4ccccc4)cc32)cc(C(C)(C)C)c1. The van der Waals surface area contributed by atoms with Gasteiger partial charge >= 0.3 is 322 Å². The van der Waals surface area contributed by atoms with E-state index < -0.39 is 5.41 Å². The number of nitrogens with zero attached hydrogens (tertiary/aromatic N) is 5. The molecule has 0 amide bonds. The molecular formula is C85H71N5OPt-2. The summed E-state index contributed by atoms with van der Waals surface area (Å²) in [5.74, 6) is 1.90. The van der Waals surface area contributed by atoms with Crippen LogP contribution in [0.3, 0.4) is 0 Å². The molecule has 92 heavy (non-hydrogen) atoms. The van der Waals surface area contributed by atoms with E-state index in [1.165, 1.54) is 16.7 Å². The second kappa shape index (κ2) is 22.5. The van der Waals surface area contributed by atoms with Gasteiger partial charge in [-0.1, -0.05) is 130 Å². The molecule has 4 heterocycles. The number of anilines is 6. The number of benzene rings is 11. The normalized spacial score (nSPS) is 13.4. The van der Waals surface area contributed by atoms with Crippen LogP contribution in [0, 0.1) is 15.9 Å². The van der Waals surface area contributed by atoms with Gasteiger partial charge in [0.1, 0.15) is 0 Å². The van der Waals surface area contributed by atoms with Crippen LogP contribution in [0.5, 0.6) is 11.5 Å².